The maximum atomic E-state index is 5.15. The summed E-state index contributed by atoms with van der Waals surface area (Å²) >= 11 is 0. The van der Waals surface area contributed by atoms with Crippen molar-refractivity contribution in [3.63, 3.8) is 0 Å². The lowest BCUT2D eigenvalue weighted by Crippen LogP contribution is -2.77. The molecule has 2 heteroatoms. The molecule has 1 unspecified atom stereocenters. The Balaban J connectivity index is 1.92. The van der Waals surface area contributed by atoms with Gasteiger partial charge < -0.3 is 4.74 Å². The van der Waals surface area contributed by atoms with Crippen molar-refractivity contribution >= 4 is 0 Å². The summed E-state index contributed by atoms with van der Waals surface area (Å²) in [5, 5.41) is 0. The van der Waals surface area contributed by atoms with Gasteiger partial charge in [-0.15, -0.1) is 0 Å². The minimum Gasteiger partial charge on any atom is -0.383 e. The van der Waals surface area contributed by atoms with Gasteiger partial charge in [-0.3, -0.25) is 4.90 Å². The van der Waals surface area contributed by atoms with Gasteiger partial charge in [0.2, 0.25) is 0 Å². The van der Waals surface area contributed by atoms with E-state index in [9.17, 15) is 0 Å². The van der Waals surface area contributed by atoms with E-state index in [-0.39, 0.29) is 0 Å². The summed E-state index contributed by atoms with van der Waals surface area (Å²) in [5.41, 5.74) is 0.558. The Hall–Kier alpha value is -0.0800. The van der Waals surface area contributed by atoms with Crippen LogP contribution < -0.4 is 0 Å². The fourth-order valence-electron chi connectivity index (χ4n) is 3.07. The Morgan fingerprint density at radius 1 is 1.55 bits per heavy atom. The molecule has 0 aromatic rings. The third-order valence-corrected chi connectivity index (χ3v) is 3.26. The molecule has 0 N–H and O–H groups in total. The normalized spacial score (nSPS) is 49.4. The standard InChI is InChI=1S/C9H17NO/c1-7-4-9(2)5-8(6-11-3)10(7)9/h7-8H,4-6H2,1-3H3/t7-,8-,9?/m1/s1. The Bertz CT molecular complexity index is 171. The van der Waals surface area contributed by atoms with Crippen LogP contribution in [0.4, 0.5) is 0 Å². The molecule has 2 nitrogen and oxygen atoms in total. The first-order chi connectivity index (χ1) is 5.17. The van der Waals surface area contributed by atoms with Crippen LogP contribution in [0.25, 0.3) is 0 Å². The van der Waals surface area contributed by atoms with Crippen LogP contribution >= 0.6 is 0 Å². The van der Waals surface area contributed by atoms with Crippen LogP contribution in [0.15, 0.2) is 0 Å². The van der Waals surface area contributed by atoms with Gasteiger partial charge in [0.15, 0.2) is 0 Å². The summed E-state index contributed by atoms with van der Waals surface area (Å²) in [4.78, 5) is 2.59. The van der Waals surface area contributed by atoms with Crippen molar-refractivity contribution in [3.8, 4) is 0 Å². The molecule has 2 aliphatic heterocycles. The van der Waals surface area contributed by atoms with Gasteiger partial charge in [0.1, 0.15) is 0 Å². The molecule has 0 radical (unpaired) electrons. The molecule has 3 atom stereocenters. The lowest BCUT2D eigenvalue weighted by Gasteiger charge is -2.68. The highest BCUT2D eigenvalue weighted by molar-refractivity contribution is 5.14. The first-order valence-electron chi connectivity index (χ1n) is 4.45. The van der Waals surface area contributed by atoms with E-state index in [1.54, 1.807) is 7.11 Å². The summed E-state index contributed by atoms with van der Waals surface area (Å²) < 4.78 is 5.15. The van der Waals surface area contributed by atoms with Gasteiger partial charge in [-0.05, 0) is 26.7 Å². The number of hydrogen-bond acceptors (Lipinski definition) is 2. The van der Waals surface area contributed by atoms with Crippen molar-refractivity contribution in [3.05, 3.63) is 0 Å². The number of nitrogens with zero attached hydrogens (tertiary/aromatic N) is 1. The van der Waals surface area contributed by atoms with Crippen molar-refractivity contribution in [1.82, 2.24) is 4.90 Å². The van der Waals surface area contributed by atoms with E-state index in [1.807, 2.05) is 0 Å². The number of piperidine rings is 1. The molecule has 2 aliphatic rings. The molecule has 0 aromatic heterocycles. The average Bonchev–Trinajstić information content (AvgIpc) is 1.85. The zero-order valence-corrected chi connectivity index (χ0v) is 7.63. The zero-order chi connectivity index (χ0) is 8.06. The fourth-order valence-corrected chi connectivity index (χ4v) is 3.07. The SMILES string of the molecule is COC[C@H]1CC2(C)C[C@@H](C)N12. The minimum atomic E-state index is 0.558. The Morgan fingerprint density at radius 3 is 2.73 bits per heavy atom. The van der Waals surface area contributed by atoms with E-state index in [1.165, 1.54) is 12.8 Å². The Morgan fingerprint density at radius 2 is 2.27 bits per heavy atom. The van der Waals surface area contributed by atoms with Gasteiger partial charge in [-0.25, -0.2) is 0 Å². The Kier molecular flexibility index (Phi) is 1.52. The minimum absolute atomic E-state index is 0.558. The summed E-state index contributed by atoms with van der Waals surface area (Å²) in [7, 11) is 1.79. The molecule has 64 valence electrons. The Labute approximate surface area is 68.5 Å². The van der Waals surface area contributed by atoms with Crippen LogP contribution in [0.2, 0.25) is 0 Å². The fraction of sp³-hybridized carbons (Fsp3) is 1.00. The number of hydrogen-bond donors (Lipinski definition) is 0. The number of ether oxygens (including phenoxy) is 1. The highest BCUT2D eigenvalue weighted by atomic mass is 16.5. The van der Waals surface area contributed by atoms with Gasteiger partial charge in [-0.2, -0.15) is 0 Å². The average molecular weight is 155 g/mol. The second-order valence-electron chi connectivity index (χ2n) is 4.27. The number of rotatable bonds is 2. The topological polar surface area (TPSA) is 12.5 Å². The summed E-state index contributed by atoms with van der Waals surface area (Å²) in [5.74, 6) is 0. The molecule has 0 bridgehead atoms. The maximum absolute atomic E-state index is 5.15. The highest BCUT2D eigenvalue weighted by Gasteiger charge is 2.58. The lowest BCUT2D eigenvalue weighted by molar-refractivity contribution is -0.195. The molecule has 0 spiro atoms. The smallest absolute Gasteiger partial charge is 0.0619 e. The quantitative estimate of drug-likeness (QED) is 0.595. The summed E-state index contributed by atoms with van der Waals surface area (Å²) in [6, 6.07) is 1.52. The number of fused-ring (bicyclic) bond motifs is 1. The van der Waals surface area contributed by atoms with Crippen molar-refractivity contribution in [2.75, 3.05) is 13.7 Å². The summed E-state index contributed by atoms with van der Waals surface area (Å²) in [6.45, 7) is 5.59. The highest BCUT2D eigenvalue weighted by Crippen LogP contribution is 2.50. The lowest BCUT2D eigenvalue weighted by atomic mass is 9.66. The van der Waals surface area contributed by atoms with E-state index in [4.69, 9.17) is 4.74 Å². The van der Waals surface area contributed by atoms with Crippen LogP contribution in [0.5, 0.6) is 0 Å². The predicted molar refractivity (Wildman–Crippen MR) is 44.6 cm³/mol. The van der Waals surface area contributed by atoms with Crippen LogP contribution in [0, 0.1) is 0 Å². The maximum Gasteiger partial charge on any atom is 0.0619 e. The van der Waals surface area contributed by atoms with E-state index < -0.39 is 0 Å². The molecule has 0 amide bonds. The van der Waals surface area contributed by atoms with Crippen molar-refractivity contribution < 1.29 is 4.74 Å². The molecule has 0 aliphatic carbocycles. The van der Waals surface area contributed by atoms with Gasteiger partial charge >= 0.3 is 0 Å². The molecule has 2 saturated heterocycles. The van der Waals surface area contributed by atoms with Crippen molar-refractivity contribution in [2.45, 2.75) is 44.3 Å². The predicted octanol–water partition coefficient (Wildman–Crippen LogP) is 1.26. The van der Waals surface area contributed by atoms with Gasteiger partial charge in [0.25, 0.3) is 0 Å². The van der Waals surface area contributed by atoms with Gasteiger partial charge in [-0.1, -0.05) is 0 Å². The van der Waals surface area contributed by atoms with Crippen LogP contribution in [0.1, 0.15) is 26.7 Å². The van der Waals surface area contributed by atoms with Gasteiger partial charge in [0.05, 0.1) is 6.61 Å². The molecule has 0 aromatic carbocycles. The van der Waals surface area contributed by atoms with Crippen LogP contribution in [-0.4, -0.2) is 36.2 Å². The number of methoxy groups -OCH3 is 1. The molecule has 2 rings (SSSR count). The van der Waals surface area contributed by atoms with Crippen LogP contribution in [0.3, 0.4) is 0 Å². The third kappa shape index (κ3) is 0.859. The summed E-state index contributed by atoms with van der Waals surface area (Å²) in [6.07, 6.45) is 2.72. The van der Waals surface area contributed by atoms with E-state index in [2.05, 4.69) is 18.7 Å². The first kappa shape index (κ1) is 7.56. The zero-order valence-electron chi connectivity index (χ0n) is 7.63. The second-order valence-corrected chi connectivity index (χ2v) is 4.27. The molecule has 11 heavy (non-hydrogen) atoms. The molecule has 2 fully saturated rings. The van der Waals surface area contributed by atoms with E-state index in [0.717, 1.165) is 12.6 Å². The van der Waals surface area contributed by atoms with Crippen LogP contribution in [-0.2, 0) is 4.74 Å². The van der Waals surface area contributed by atoms with Crippen molar-refractivity contribution in [1.29, 1.82) is 0 Å². The van der Waals surface area contributed by atoms with E-state index in [0.29, 0.717) is 11.6 Å². The molecule has 2 heterocycles. The molecule has 0 saturated carbocycles. The largest absolute Gasteiger partial charge is 0.383 e. The van der Waals surface area contributed by atoms with Gasteiger partial charge in [0, 0.05) is 24.7 Å². The third-order valence-electron chi connectivity index (χ3n) is 3.26. The molecular weight excluding hydrogens is 138 g/mol. The van der Waals surface area contributed by atoms with Crippen molar-refractivity contribution in [2.24, 2.45) is 0 Å². The van der Waals surface area contributed by atoms with E-state index >= 15 is 0 Å². The second kappa shape index (κ2) is 2.20. The molecular formula is C9H17NO. The monoisotopic (exact) mass is 155 g/mol. The first-order valence-corrected chi connectivity index (χ1v) is 4.45.